The van der Waals surface area contributed by atoms with Crippen molar-refractivity contribution in [2.45, 2.75) is 46.1 Å². The molecule has 6 heteroatoms. The Labute approximate surface area is 191 Å². The van der Waals surface area contributed by atoms with Crippen molar-refractivity contribution in [1.29, 1.82) is 0 Å². The minimum atomic E-state index is -0.0812. The largest absolute Gasteiger partial charge is 0.507 e. The Morgan fingerprint density at radius 2 is 2.06 bits per heavy atom. The molecule has 1 saturated heterocycles. The van der Waals surface area contributed by atoms with Gasteiger partial charge in [-0.1, -0.05) is 32.9 Å². The van der Waals surface area contributed by atoms with Crippen molar-refractivity contribution >= 4 is 32.5 Å². The highest BCUT2D eigenvalue weighted by molar-refractivity contribution is 7.21. The van der Waals surface area contributed by atoms with Gasteiger partial charge < -0.3 is 9.52 Å². The summed E-state index contributed by atoms with van der Waals surface area (Å²) in [4.78, 5) is 20.8. The standard InChI is InChI=1S/C26H28N2O3S/c1-15(2)24-22(26-27-19-8-4-5-9-21(19)32-26)23(30)17-10-11-20(29)18(25(17)31-24)14-28-12-6-7-16(3)13-28/h4-5,8-11,15-16,29H,6-7,12-14H2,1-3H3. The Bertz CT molecular complexity index is 1320. The second-order valence-corrected chi connectivity index (χ2v) is 10.3. The minimum Gasteiger partial charge on any atom is -0.507 e. The van der Waals surface area contributed by atoms with E-state index in [0.29, 0.717) is 45.3 Å². The van der Waals surface area contributed by atoms with Gasteiger partial charge in [-0.3, -0.25) is 9.69 Å². The van der Waals surface area contributed by atoms with Gasteiger partial charge in [0.15, 0.2) is 0 Å². The highest BCUT2D eigenvalue weighted by atomic mass is 32.1. The molecule has 1 fully saturated rings. The maximum Gasteiger partial charge on any atom is 0.203 e. The molecule has 0 saturated carbocycles. The SMILES string of the molecule is CC1CCCN(Cc2c(O)ccc3c(=O)c(-c4nc5ccccc5s4)c(C(C)C)oc23)C1. The van der Waals surface area contributed by atoms with Crippen molar-refractivity contribution < 1.29 is 9.52 Å². The summed E-state index contributed by atoms with van der Waals surface area (Å²) in [7, 11) is 0. The molecule has 1 atom stereocenters. The van der Waals surface area contributed by atoms with E-state index in [9.17, 15) is 9.90 Å². The van der Waals surface area contributed by atoms with Gasteiger partial charge in [0, 0.05) is 19.0 Å². The first-order valence-corrected chi connectivity index (χ1v) is 12.1. The number of benzene rings is 2. The number of phenols is 1. The Morgan fingerprint density at radius 3 is 2.81 bits per heavy atom. The molecule has 5 rings (SSSR count). The first-order valence-electron chi connectivity index (χ1n) is 11.3. The lowest BCUT2D eigenvalue weighted by Gasteiger charge is -2.31. The third-order valence-corrected chi connectivity index (χ3v) is 7.37. The molecule has 0 bridgehead atoms. The van der Waals surface area contributed by atoms with E-state index >= 15 is 0 Å². The maximum atomic E-state index is 13.8. The molecule has 1 N–H and O–H groups in total. The number of thiazole rings is 1. The molecule has 1 aliphatic rings. The Morgan fingerprint density at radius 1 is 1.25 bits per heavy atom. The van der Waals surface area contributed by atoms with Crippen LogP contribution in [0.5, 0.6) is 5.75 Å². The van der Waals surface area contributed by atoms with E-state index in [1.54, 1.807) is 12.1 Å². The van der Waals surface area contributed by atoms with Gasteiger partial charge in [0.25, 0.3) is 0 Å². The van der Waals surface area contributed by atoms with Gasteiger partial charge in [-0.2, -0.15) is 0 Å². The molecule has 3 heterocycles. The van der Waals surface area contributed by atoms with Crippen LogP contribution in [0.1, 0.15) is 50.9 Å². The number of phenolic OH excluding ortho intramolecular Hbond substituents is 1. The van der Waals surface area contributed by atoms with Gasteiger partial charge in [0.1, 0.15) is 22.1 Å². The lowest BCUT2D eigenvalue weighted by atomic mass is 9.98. The zero-order valence-electron chi connectivity index (χ0n) is 18.7. The molecule has 2 aromatic carbocycles. The van der Waals surface area contributed by atoms with Gasteiger partial charge in [0.2, 0.25) is 5.43 Å². The predicted molar refractivity (Wildman–Crippen MR) is 131 cm³/mol. The molecule has 2 aromatic heterocycles. The number of rotatable bonds is 4. The van der Waals surface area contributed by atoms with Crippen molar-refractivity contribution in [1.82, 2.24) is 9.88 Å². The third-order valence-electron chi connectivity index (χ3n) is 6.32. The van der Waals surface area contributed by atoms with Gasteiger partial charge >= 0.3 is 0 Å². The quantitative estimate of drug-likeness (QED) is 0.407. The molecule has 4 aromatic rings. The average Bonchev–Trinajstić information content (AvgIpc) is 3.19. The highest BCUT2D eigenvalue weighted by Crippen LogP contribution is 2.37. The number of nitrogens with zero attached hydrogens (tertiary/aromatic N) is 2. The van der Waals surface area contributed by atoms with Crippen molar-refractivity contribution in [2.24, 2.45) is 5.92 Å². The van der Waals surface area contributed by atoms with Gasteiger partial charge in [-0.05, 0) is 49.6 Å². The normalized spacial score (nSPS) is 17.6. The highest BCUT2D eigenvalue weighted by Gasteiger charge is 2.25. The van der Waals surface area contributed by atoms with Crippen LogP contribution in [0, 0.1) is 5.92 Å². The van der Waals surface area contributed by atoms with E-state index in [4.69, 9.17) is 9.40 Å². The molecule has 166 valence electrons. The third kappa shape index (κ3) is 3.71. The molecule has 1 aliphatic heterocycles. The second-order valence-electron chi connectivity index (χ2n) is 9.23. The van der Waals surface area contributed by atoms with Gasteiger partial charge in [-0.15, -0.1) is 11.3 Å². The summed E-state index contributed by atoms with van der Waals surface area (Å²) in [6, 6.07) is 11.2. The smallest absolute Gasteiger partial charge is 0.203 e. The Balaban J connectivity index is 1.70. The van der Waals surface area contributed by atoms with Crippen molar-refractivity contribution in [3.8, 4) is 16.3 Å². The van der Waals surface area contributed by atoms with Crippen molar-refractivity contribution in [3.63, 3.8) is 0 Å². The molecular formula is C26H28N2O3S. The van der Waals surface area contributed by atoms with Crippen LogP contribution in [0.2, 0.25) is 0 Å². The van der Waals surface area contributed by atoms with Crippen molar-refractivity contribution in [2.75, 3.05) is 13.1 Å². The van der Waals surface area contributed by atoms with Crippen LogP contribution in [0.15, 0.2) is 45.6 Å². The molecule has 0 amide bonds. The predicted octanol–water partition coefficient (Wildman–Crippen LogP) is 6.13. The van der Waals surface area contributed by atoms with E-state index in [2.05, 4.69) is 11.8 Å². The number of piperidine rings is 1. The lowest BCUT2D eigenvalue weighted by Crippen LogP contribution is -2.33. The maximum absolute atomic E-state index is 13.8. The summed E-state index contributed by atoms with van der Waals surface area (Å²) in [5, 5.41) is 11.9. The van der Waals surface area contributed by atoms with Crippen LogP contribution in [0.4, 0.5) is 0 Å². The van der Waals surface area contributed by atoms with E-state index in [-0.39, 0.29) is 17.1 Å². The summed E-state index contributed by atoms with van der Waals surface area (Å²) in [5.74, 6) is 1.44. The van der Waals surface area contributed by atoms with Crippen LogP contribution in [0.25, 0.3) is 31.8 Å². The molecule has 32 heavy (non-hydrogen) atoms. The van der Waals surface area contributed by atoms with E-state index < -0.39 is 0 Å². The fraction of sp³-hybridized carbons (Fsp3) is 0.385. The van der Waals surface area contributed by atoms with E-state index in [0.717, 1.165) is 29.7 Å². The fourth-order valence-electron chi connectivity index (χ4n) is 4.72. The first-order chi connectivity index (χ1) is 15.4. The summed E-state index contributed by atoms with van der Waals surface area (Å²) >= 11 is 1.51. The first kappa shape index (κ1) is 21.2. The van der Waals surface area contributed by atoms with Crippen molar-refractivity contribution in [3.05, 3.63) is 57.9 Å². The van der Waals surface area contributed by atoms with Crippen LogP contribution in [-0.2, 0) is 6.54 Å². The molecule has 0 radical (unpaired) electrons. The van der Waals surface area contributed by atoms with Crippen LogP contribution in [-0.4, -0.2) is 28.1 Å². The number of aromatic hydroxyl groups is 1. The molecule has 1 unspecified atom stereocenters. The average molecular weight is 449 g/mol. The van der Waals surface area contributed by atoms with Crippen LogP contribution >= 0.6 is 11.3 Å². The summed E-state index contributed by atoms with van der Waals surface area (Å²) in [5.41, 5.74) is 2.54. The number of hydrogen-bond donors (Lipinski definition) is 1. The summed E-state index contributed by atoms with van der Waals surface area (Å²) in [6.07, 6.45) is 2.38. The number of fused-ring (bicyclic) bond motifs is 2. The van der Waals surface area contributed by atoms with E-state index in [1.165, 1.54) is 17.8 Å². The summed E-state index contributed by atoms with van der Waals surface area (Å²) in [6.45, 7) is 8.86. The Hall–Kier alpha value is -2.70. The zero-order valence-corrected chi connectivity index (χ0v) is 19.5. The molecule has 0 aliphatic carbocycles. The number of para-hydroxylation sites is 1. The Kier molecular flexibility index (Phi) is 5.51. The number of hydrogen-bond acceptors (Lipinski definition) is 6. The van der Waals surface area contributed by atoms with Gasteiger partial charge in [0.05, 0.1) is 26.7 Å². The fourth-order valence-corrected chi connectivity index (χ4v) is 5.73. The summed E-state index contributed by atoms with van der Waals surface area (Å²) < 4.78 is 7.49. The van der Waals surface area contributed by atoms with Crippen LogP contribution in [0.3, 0.4) is 0 Å². The molecular weight excluding hydrogens is 420 g/mol. The zero-order chi connectivity index (χ0) is 22.4. The molecule has 5 nitrogen and oxygen atoms in total. The molecule has 0 spiro atoms. The minimum absolute atomic E-state index is 0.000630. The monoisotopic (exact) mass is 448 g/mol. The van der Waals surface area contributed by atoms with Gasteiger partial charge in [-0.25, -0.2) is 4.98 Å². The topological polar surface area (TPSA) is 66.6 Å². The lowest BCUT2D eigenvalue weighted by molar-refractivity contribution is 0.175. The number of likely N-dealkylation sites (tertiary alicyclic amines) is 1. The number of aromatic nitrogens is 1. The van der Waals surface area contributed by atoms with Crippen LogP contribution < -0.4 is 5.43 Å². The second kappa shape index (κ2) is 8.34. The van der Waals surface area contributed by atoms with E-state index in [1.807, 2.05) is 38.1 Å².